The second-order valence-electron chi connectivity index (χ2n) is 8.87. The van der Waals surface area contributed by atoms with Crippen LogP contribution in [0.4, 0.5) is 0 Å². The van der Waals surface area contributed by atoms with Gasteiger partial charge in [-0.15, -0.1) is 6.07 Å². The van der Waals surface area contributed by atoms with Crippen molar-refractivity contribution >= 4 is 0 Å². The van der Waals surface area contributed by atoms with Gasteiger partial charge in [0.25, 0.3) is 0 Å². The minimum atomic E-state index is -1.01. The van der Waals surface area contributed by atoms with Crippen LogP contribution in [0.5, 0.6) is 5.88 Å². The summed E-state index contributed by atoms with van der Waals surface area (Å²) in [6.45, 7) is 8.26. The normalized spacial score (nSPS) is 23.8. The Morgan fingerprint density at radius 1 is 1.00 bits per heavy atom. The molecular formula is C22H36NO4Tb-. The average Bonchev–Trinajstić information content (AvgIpc) is 2.51. The molecule has 0 amide bonds. The van der Waals surface area contributed by atoms with E-state index in [4.69, 9.17) is 19.7 Å². The molecule has 1 aromatic rings. The van der Waals surface area contributed by atoms with E-state index in [1.54, 1.807) is 33.9 Å². The zero-order chi connectivity index (χ0) is 19.9. The summed E-state index contributed by atoms with van der Waals surface area (Å²) in [6, 6.07) is 6.68. The summed E-state index contributed by atoms with van der Waals surface area (Å²) in [7, 11) is 0. The van der Waals surface area contributed by atoms with E-state index in [-0.39, 0.29) is 38.6 Å². The molecule has 2 aliphatic rings. The Morgan fingerprint density at radius 3 is 2.14 bits per heavy atom. The van der Waals surface area contributed by atoms with Gasteiger partial charge in [-0.3, -0.25) is 4.98 Å². The van der Waals surface area contributed by atoms with Gasteiger partial charge in [0, 0.05) is 44.5 Å². The van der Waals surface area contributed by atoms with Crippen molar-refractivity contribution in [3.05, 3.63) is 24.4 Å². The first kappa shape index (κ1) is 26.2. The van der Waals surface area contributed by atoms with Crippen LogP contribution in [-0.2, 0) is 4.74 Å². The number of aliphatic hydroxyl groups is 2. The molecule has 2 N–H and O–H groups in total. The smallest absolute Gasteiger partial charge is 0.126 e. The van der Waals surface area contributed by atoms with Gasteiger partial charge in [0.05, 0.1) is 30.5 Å². The molecule has 28 heavy (non-hydrogen) atoms. The number of rotatable bonds is 4. The van der Waals surface area contributed by atoms with Crippen molar-refractivity contribution in [2.45, 2.75) is 83.5 Å². The fourth-order valence-corrected chi connectivity index (χ4v) is 3.13. The number of aromatic nitrogens is 1. The van der Waals surface area contributed by atoms with Gasteiger partial charge in [-0.25, -0.2) is 12.1 Å². The Labute approximate surface area is 201 Å². The predicted octanol–water partition coefficient (Wildman–Crippen LogP) is 3.77. The van der Waals surface area contributed by atoms with Crippen molar-refractivity contribution in [2.75, 3.05) is 13.2 Å². The zero-order valence-electron chi connectivity index (χ0n) is 17.6. The maximum atomic E-state index is 9.10. The van der Waals surface area contributed by atoms with Crippen molar-refractivity contribution in [1.82, 2.24) is 4.98 Å². The molecule has 1 radical (unpaired) electrons. The first-order valence-electron chi connectivity index (χ1n) is 10.2. The SMILES string of the molecule is CC(C)(O)C(C)(C)O.[Tb].[c-]1ccc(OC2CCCCC(C3COC3)CC2)nc1. The van der Waals surface area contributed by atoms with Gasteiger partial charge >= 0.3 is 0 Å². The maximum Gasteiger partial charge on any atom is 0.126 e. The summed E-state index contributed by atoms with van der Waals surface area (Å²) >= 11 is 0. The van der Waals surface area contributed by atoms with Gasteiger partial charge in [0.1, 0.15) is 5.88 Å². The van der Waals surface area contributed by atoms with Crippen LogP contribution < -0.4 is 4.74 Å². The van der Waals surface area contributed by atoms with E-state index in [2.05, 4.69) is 11.1 Å². The van der Waals surface area contributed by atoms with Crippen molar-refractivity contribution in [1.29, 1.82) is 0 Å². The summed E-state index contributed by atoms with van der Waals surface area (Å²) in [6.07, 6.45) is 9.57. The maximum absolute atomic E-state index is 9.10. The molecule has 1 saturated carbocycles. The Morgan fingerprint density at radius 2 is 1.64 bits per heavy atom. The minimum absolute atomic E-state index is 0. The molecule has 1 aromatic heterocycles. The molecule has 2 atom stereocenters. The number of pyridine rings is 1. The van der Waals surface area contributed by atoms with Crippen LogP contribution in [0.15, 0.2) is 18.3 Å². The minimum Gasteiger partial charge on any atom is -0.490 e. The van der Waals surface area contributed by atoms with E-state index in [1.165, 1.54) is 25.7 Å². The standard InChI is InChI=1S/C16H22NO2.C6H14O2.Tb/c1-2-6-15(19-16-7-3-4-10-17-16)9-8-13(5-1)14-11-18-12-14;1-5(2,7)6(3,4)8;/h3,7,10,13-15H,1-2,5-6,8-9,11-12H2;7-8H,1-4H3;/q-1;;. The van der Waals surface area contributed by atoms with Crippen LogP contribution in [0.1, 0.15) is 66.2 Å². The van der Waals surface area contributed by atoms with Crippen LogP contribution in [0, 0.1) is 56.5 Å². The summed E-state index contributed by atoms with van der Waals surface area (Å²) in [5.74, 6) is 2.40. The van der Waals surface area contributed by atoms with Crippen LogP contribution >= 0.6 is 0 Å². The van der Waals surface area contributed by atoms with Crippen molar-refractivity contribution in [2.24, 2.45) is 11.8 Å². The number of hydrogen-bond acceptors (Lipinski definition) is 5. The van der Waals surface area contributed by atoms with E-state index in [9.17, 15) is 0 Å². The van der Waals surface area contributed by atoms with Crippen LogP contribution in [0.25, 0.3) is 0 Å². The third-order valence-corrected chi connectivity index (χ3v) is 5.91. The summed E-state index contributed by atoms with van der Waals surface area (Å²) < 4.78 is 11.3. The first-order valence-corrected chi connectivity index (χ1v) is 10.2. The molecule has 6 heteroatoms. The fourth-order valence-electron chi connectivity index (χ4n) is 3.13. The second-order valence-corrected chi connectivity index (χ2v) is 8.87. The van der Waals surface area contributed by atoms with Crippen molar-refractivity contribution in [3.63, 3.8) is 0 Å². The van der Waals surface area contributed by atoms with Gasteiger partial charge in [-0.05, 0) is 59.3 Å². The van der Waals surface area contributed by atoms with Gasteiger partial charge in [0.15, 0.2) is 0 Å². The van der Waals surface area contributed by atoms with E-state index in [1.807, 2.05) is 12.1 Å². The number of nitrogens with zero attached hydrogens (tertiary/aromatic N) is 1. The molecule has 1 aliphatic carbocycles. The molecule has 0 bridgehead atoms. The molecule has 1 saturated heterocycles. The molecule has 2 fully saturated rings. The fraction of sp³-hybridized carbons (Fsp3) is 0.773. The Kier molecular flexibility index (Phi) is 11.3. The van der Waals surface area contributed by atoms with Gasteiger partial charge in [-0.1, -0.05) is 19.0 Å². The summed E-state index contributed by atoms with van der Waals surface area (Å²) in [4.78, 5) is 4.21. The summed E-state index contributed by atoms with van der Waals surface area (Å²) in [5, 5.41) is 18.2. The van der Waals surface area contributed by atoms with Crippen molar-refractivity contribution < 1.29 is 58.3 Å². The molecular weight excluding hydrogens is 501 g/mol. The molecule has 2 heterocycles. The van der Waals surface area contributed by atoms with Crippen LogP contribution in [0.2, 0.25) is 0 Å². The molecule has 0 spiro atoms. The Bertz CT molecular complexity index is 526. The largest absolute Gasteiger partial charge is 0.490 e. The van der Waals surface area contributed by atoms with E-state index < -0.39 is 11.2 Å². The molecule has 0 aromatic carbocycles. The number of ether oxygens (including phenoxy) is 2. The van der Waals surface area contributed by atoms with Crippen LogP contribution in [-0.4, -0.2) is 45.7 Å². The Hall–Kier alpha value is 0.116. The third kappa shape index (κ3) is 8.86. The predicted molar refractivity (Wildman–Crippen MR) is 106 cm³/mol. The van der Waals surface area contributed by atoms with Crippen LogP contribution in [0.3, 0.4) is 0 Å². The molecule has 163 valence electrons. The van der Waals surface area contributed by atoms with Crippen molar-refractivity contribution in [3.8, 4) is 5.88 Å². The second kappa shape index (κ2) is 12.1. The molecule has 1 aliphatic heterocycles. The first-order chi connectivity index (χ1) is 12.7. The quantitative estimate of drug-likeness (QED) is 0.573. The monoisotopic (exact) mass is 537 g/mol. The zero-order valence-corrected chi connectivity index (χ0v) is 19.8. The molecule has 5 nitrogen and oxygen atoms in total. The topological polar surface area (TPSA) is 71.8 Å². The Balaban J connectivity index is 0.000000376. The van der Waals surface area contributed by atoms with E-state index >= 15 is 0 Å². The van der Waals surface area contributed by atoms with Gasteiger partial charge in [0.2, 0.25) is 0 Å². The third-order valence-electron chi connectivity index (χ3n) is 5.91. The molecule has 2 unspecified atom stereocenters. The average molecular weight is 537 g/mol. The number of hydrogen-bond donors (Lipinski definition) is 2. The molecule has 3 rings (SSSR count). The summed E-state index contributed by atoms with van der Waals surface area (Å²) in [5.41, 5.74) is -2.01. The van der Waals surface area contributed by atoms with E-state index in [0.29, 0.717) is 6.10 Å². The van der Waals surface area contributed by atoms with Gasteiger partial charge < -0.3 is 19.7 Å². The van der Waals surface area contributed by atoms with E-state index in [0.717, 1.165) is 43.8 Å². The van der Waals surface area contributed by atoms with Gasteiger partial charge in [-0.2, -0.15) is 0 Å².